The molecule has 2 fully saturated rings. The van der Waals surface area contributed by atoms with Crippen LogP contribution in [0.4, 0.5) is 5.69 Å². The van der Waals surface area contributed by atoms with Crippen molar-refractivity contribution < 1.29 is 27.1 Å². The molecule has 0 spiro atoms. The number of nitrogens with zero attached hydrogens (tertiary/aromatic N) is 1. The van der Waals surface area contributed by atoms with Crippen molar-refractivity contribution in [2.24, 2.45) is 16.7 Å². The Balaban J connectivity index is 1.68. The second-order valence-corrected chi connectivity index (χ2v) is 9.50. The van der Waals surface area contributed by atoms with Crippen molar-refractivity contribution in [3.05, 3.63) is 39.9 Å². The van der Waals surface area contributed by atoms with Gasteiger partial charge in [0.25, 0.3) is 15.8 Å². The maximum Gasteiger partial charge on any atom is 0.269 e. The average Bonchev–Trinajstić information content (AvgIpc) is 2.93. The van der Waals surface area contributed by atoms with E-state index >= 15 is 0 Å². The molecule has 9 heteroatoms. The second-order valence-electron chi connectivity index (χ2n) is 7.86. The number of nitro groups is 1. The third-order valence-electron chi connectivity index (χ3n) is 6.33. The van der Waals surface area contributed by atoms with E-state index in [9.17, 15) is 28.1 Å². The summed E-state index contributed by atoms with van der Waals surface area (Å²) in [6.45, 7) is 3.15. The topological polar surface area (TPSA) is 121 Å². The molecular weight excluding hydrogens is 374 g/mol. The molecular formula is C18H21NO7S. The molecule has 8 nitrogen and oxygen atoms in total. The van der Waals surface area contributed by atoms with Crippen molar-refractivity contribution >= 4 is 27.4 Å². The minimum Gasteiger partial charge on any atom is -0.299 e. The van der Waals surface area contributed by atoms with E-state index in [0.29, 0.717) is 12.8 Å². The molecule has 1 aromatic carbocycles. The number of non-ortho nitro benzene ring substituents is 1. The Hall–Kier alpha value is -2.13. The summed E-state index contributed by atoms with van der Waals surface area (Å²) in [5, 5.41) is 10.6. The van der Waals surface area contributed by atoms with Crippen LogP contribution in [-0.2, 0) is 19.1 Å². The first-order chi connectivity index (χ1) is 12.5. The Bertz CT molecular complexity index is 904. The number of nitro benzene ring substituents is 1. The van der Waals surface area contributed by atoms with E-state index in [1.54, 1.807) is 0 Å². The van der Waals surface area contributed by atoms with Gasteiger partial charge in [0.2, 0.25) is 0 Å². The summed E-state index contributed by atoms with van der Waals surface area (Å²) in [6.07, 6.45) is 1.72. The van der Waals surface area contributed by atoms with E-state index in [4.69, 9.17) is 4.18 Å². The number of ketones is 2. The molecule has 2 aliphatic rings. The van der Waals surface area contributed by atoms with Crippen LogP contribution in [-0.4, -0.2) is 37.3 Å². The monoisotopic (exact) mass is 395 g/mol. The van der Waals surface area contributed by atoms with Gasteiger partial charge in [-0.3, -0.25) is 23.9 Å². The van der Waals surface area contributed by atoms with Crippen LogP contribution in [0.2, 0.25) is 0 Å². The molecule has 0 amide bonds. The van der Waals surface area contributed by atoms with Crippen LogP contribution in [0.3, 0.4) is 0 Å². The number of carbonyl (C=O) groups is 2. The molecule has 0 heterocycles. The summed E-state index contributed by atoms with van der Waals surface area (Å²) in [5.74, 6) is -0.887. The summed E-state index contributed by atoms with van der Waals surface area (Å²) in [7, 11) is -4.09. The van der Waals surface area contributed by atoms with E-state index in [0.717, 1.165) is 6.42 Å². The highest BCUT2D eigenvalue weighted by molar-refractivity contribution is 7.86. The molecule has 2 aliphatic carbocycles. The van der Waals surface area contributed by atoms with Gasteiger partial charge in [0.05, 0.1) is 16.1 Å². The summed E-state index contributed by atoms with van der Waals surface area (Å²) in [4.78, 5) is 34.6. The van der Waals surface area contributed by atoms with Crippen LogP contribution < -0.4 is 0 Å². The highest BCUT2D eigenvalue weighted by Crippen LogP contribution is 2.64. The SMILES string of the molecule is CC1(C)C2CCC1(CS(=O)(=O)OCC(=O)c1ccc([N+](=O)[O-])cc1)C(=O)C2. The van der Waals surface area contributed by atoms with Crippen molar-refractivity contribution in [1.82, 2.24) is 0 Å². The third kappa shape index (κ3) is 3.29. The summed E-state index contributed by atoms with van der Waals surface area (Å²) in [6, 6.07) is 4.83. The smallest absolute Gasteiger partial charge is 0.269 e. The lowest BCUT2D eigenvalue weighted by atomic mass is 9.70. The normalized spacial score (nSPS) is 26.3. The molecule has 2 atom stereocenters. The van der Waals surface area contributed by atoms with Crippen LogP contribution >= 0.6 is 0 Å². The molecule has 0 N–H and O–H groups in total. The molecule has 3 rings (SSSR count). The fourth-order valence-corrected chi connectivity index (χ4v) is 6.10. The number of carbonyl (C=O) groups excluding carboxylic acids is 2. The zero-order valence-electron chi connectivity index (χ0n) is 15.1. The minimum absolute atomic E-state index is 0.0439. The van der Waals surface area contributed by atoms with Crippen LogP contribution in [0.1, 0.15) is 43.5 Å². The van der Waals surface area contributed by atoms with Crippen LogP contribution in [0, 0.1) is 26.9 Å². The van der Waals surface area contributed by atoms with Crippen molar-refractivity contribution in [2.75, 3.05) is 12.4 Å². The van der Waals surface area contributed by atoms with E-state index in [2.05, 4.69) is 0 Å². The Kier molecular flexibility index (Phi) is 4.72. The molecule has 27 heavy (non-hydrogen) atoms. The fourth-order valence-electron chi connectivity index (χ4n) is 4.45. The molecule has 0 radical (unpaired) electrons. The Morgan fingerprint density at radius 2 is 1.93 bits per heavy atom. The van der Waals surface area contributed by atoms with Gasteiger partial charge in [0, 0.05) is 24.1 Å². The van der Waals surface area contributed by atoms with Crippen LogP contribution in [0.15, 0.2) is 24.3 Å². The van der Waals surface area contributed by atoms with Gasteiger partial charge in [-0.05, 0) is 36.3 Å². The quantitative estimate of drug-likeness (QED) is 0.301. The number of hydrogen-bond acceptors (Lipinski definition) is 7. The lowest BCUT2D eigenvalue weighted by molar-refractivity contribution is -0.384. The largest absolute Gasteiger partial charge is 0.299 e. The van der Waals surface area contributed by atoms with Gasteiger partial charge < -0.3 is 0 Å². The van der Waals surface area contributed by atoms with Crippen molar-refractivity contribution in [3.63, 3.8) is 0 Å². The zero-order chi connectivity index (χ0) is 20.0. The summed E-state index contributed by atoms with van der Waals surface area (Å²) < 4.78 is 29.8. The molecule has 0 aliphatic heterocycles. The highest BCUT2D eigenvalue weighted by Gasteiger charge is 2.65. The number of Topliss-reactive ketones (excluding diaryl/α,β-unsaturated/α-hetero) is 2. The van der Waals surface area contributed by atoms with E-state index in [1.165, 1.54) is 24.3 Å². The van der Waals surface area contributed by atoms with Crippen molar-refractivity contribution in [2.45, 2.75) is 33.1 Å². The van der Waals surface area contributed by atoms with E-state index < -0.39 is 44.0 Å². The van der Waals surface area contributed by atoms with Gasteiger partial charge in [-0.2, -0.15) is 8.42 Å². The van der Waals surface area contributed by atoms with Gasteiger partial charge in [0.1, 0.15) is 12.4 Å². The van der Waals surface area contributed by atoms with E-state index in [-0.39, 0.29) is 23.0 Å². The average molecular weight is 395 g/mol. The van der Waals surface area contributed by atoms with Gasteiger partial charge in [0.15, 0.2) is 5.78 Å². The number of hydrogen-bond donors (Lipinski definition) is 0. The maximum absolute atomic E-state index is 12.5. The molecule has 2 unspecified atom stereocenters. The standard InChI is InChI=1S/C18H21NO7S/c1-17(2)13-7-8-18(17,16(21)9-13)11-27(24,25)26-10-15(20)12-3-5-14(6-4-12)19(22)23/h3-6,13H,7-11H2,1-2H3. The fraction of sp³-hybridized carbons (Fsp3) is 0.556. The van der Waals surface area contributed by atoms with E-state index in [1.807, 2.05) is 13.8 Å². The lowest BCUT2D eigenvalue weighted by Gasteiger charge is -2.35. The first-order valence-electron chi connectivity index (χ1n) is 8.67. The van der Waals surface area contributed by atoms with Gasteiger partial charge in [-0.1, -0.05) is 13.8 Å². The van der Waals surface area contributed by atoms with Gasteiger partial charge in [-0.15, -0.1) is 0 Å². The summed E-state index contributed by atoms with van der Waals surface area (Å²) in [5.41, 5.74) is -1.42. The summed E-state index contributed by atoms with van der Waals surface area (Å²) >= 11 is 0. The van der Waals surface area contributed by atoms with Crippen LogP contribution in [0.25, 0.3) is 0 Å². The number of benzene rings is 1. The van der Waals surface area contributed by atoms with Gasteiger partial charge >= 0.3 is 0 Å². The Labute approximate surface area is 157 Å². The lowest BCUT2D eigenvalue weighted by Crippen LogP contribution is -2.42. The molecule has 2 saturated carbocycles. The Morgan fingerprint density at radius 3 is 2.41 bits per heavy atom. The second kappa shape index (κ2) is 6.49. The number of rotatable bonds is 7. The predicted molar refractivity (Wildman–Crippen MR) is 95.7 cm³/mol. The first-order valence-corrected chi connectivity index (χ1v) is 10.2. The minimum atomic E-state index is -4.09. The highest BCUT2D eigenvalue weighted by atomic mass is 32.2. The van der Waals surface area contributed by atoms with Crippen molar-refractivity contribution in [1.29, 1.82) is 0 Å². The van der Waals surface area contributed by atoms with Gasteiger partial charge in [-0.25, -0.2) is 0 Å². The predicted octanol–water partition coefficient (Wildman–Crippen LogP) is 2.52. The molecule has 0 saturated heterocycles. The first kappa shape index (κ1) is 19.6. The Morgan fingerprint density at radius 1 is 1.30 bits per heavy atom. The zero-order valence-corrected chi connectivity index (χ0v) is 16.0. The molecule has 146 valence electrons. The third-order valence-corrected chi connectivity index (χ3v) is 7.66. The van der Waals surface area contributed by atoms with Crippen molar-refractivity contribution in [3.8, 4) is 0 Å². The molecule has 1 aromatic rings. The molecule has 0 aromatic heterocycles. The van der Waals surface area contributed by atoms with Crippen LogP contribution in [0.5, 0.6) is 0 Å². The molecule has 2 bridgehead atoms. The maximum atomic E-state index is 12.5. The number of fused-ring (bicyclic) bond motifs is 2.